The van der Waals surface area contributed by atoms with Gasteiger partial charge in [0.2, 0.25) is 0 Å². The Bertz CT molecular complexity index is 933. The average molecular weight is 863 g/mol. The molecular formula is C55H106O6. The number of hydrogen-bond donors (Lipinski definition) is 0. The first-order chi connectivity index (χ1) is 29.8. The lowest BCUT2D eigenvalue weighted by Crippen LogP contribution is -2.30. The van der Waals surface area contributed by atoms with Gasteiger partial charge in [-0.05, 0) is 31.1 Å². The molecule has 0 saturated carbocycles. The second-order valence-electron chi connectivity index (χ2n) is 19.6. The van der Waals surface area contributed by atoms with Crippen molar-refractivity contribution in [2.24, 2.45) is 11.8 Å². The zero-order valence-corrected chi connectivity index (χ0v) is 41.8. The lowest BCUT2D eigenvalue weighted by atomic mass is 9.99. The van der Waals surface area contributed by atoms with E-state index in [2.05, 4.69) is 34.6 Å². The number of carbonyl (C=O) groups excluding carboxylic acids is 3. The minimum absolute atomic E-state index is 0.0632. The summed E-state index contributed by atoms with van der Waals surface area (Å²) in [5, 5.41) is 0. The summed E-state index contributed by atoms with van der Waals surface area (Å²) < 4.78 is 16.8. The van der Waals surface area contributed by atoms with E-state index in [-0.39, 0.29) is 31.1 Å². The number of hydrogen-bond acceptors (Lipinski definition) is 6. The lowest BCUT2D eigenvalue weighted by molar-refractivity contribution is -0.167. The smallest absolute Gasteiger partial charge is 0.306 e. The van der Waals surface area contributed by atoms with Crippen LogP contribution in [0.15, 0.2) is 0 Å². The number of esters is 3. The molecule has 0 bridgehead atoms. The summed E-state index contributed by atoms with van der Waals surface area (Å²) in [6.07, 6.45) is 49.4. The first kappa shape index (κ1) is 59.4. The molecule has 0 aliphatic carbocycles. The quantitative estimate of drug-likeness (QED) is 0.0344. The van der Waals surface area contributed by atoms with Gasteiger partial charge in [0.05, 0.1) is 0 Å². The van der Waals surface area contributed by atoms with E-state index in [1.807, 2.05) is 0 Å². The van der Waals surface area contributed by atoms with Crippen molar-refractivity contribution in [1.82, 2.24) is 0 Å². The Morgan fingerprint density at radius 2 is 0.623 bits per heavy atom. The first-order valence-electron chi connectivity index (χ1n) is 27.3. The Morgan fingerprint density at radius 1 is 0.344 bits per heavy atom. The van der Waals surface area contributed by atoms with Crippen molar-refractivity contribution in [3.05, 3.63) is 0 Å². The van der Waals surface area contributed by atoms with Gasteiger partial charge in [0.1, 0.15) is 13.2 Å². The van der Waals surface area contributed by atoms with Crippen LogP contribution in [0.5, 0.6) is 0 Å². The van der Waals surface area contributed by atoms with E-state index in [9.17, 15) is 14.4 Å². The molecule has 0 saturated heterocycles. The Labute approximate surface area is 380 Å². The molecule has 0 heterocycles. The van der Waals surface area contributed by atoms with Gasteiger partial charge >= 0.3 is 17.9 Å². The molecule has 1 unspecified atom stereocenters. The third-order valence-electron chi connectivity index (χ3n) is 12.8. The Kier molecular flexibility index (Phi) is 46.6. The molecule has 0 aromatic heterocycles. The maximum atomic E-state index is 12.8. The van der Waals surface area contributed by atoms with Gasteiger partial charge in [-0.2, -0.15) is 0 Å². The van der Waals surface area contributed by atoms with Gasteiger partial charge in [0.15, 0.2) is 6.10 Å². The third kappa shape index (κ3) is 47.7. The van der Waals surface area contributed by atoms with Gasteiger partial charge in [-0.25, -0.2) is 0 Å². The maximum absolute atomic E-state index is 12.8. The van der Waals surface area contributed by atoms with Crippen LogP contribution in [0.3, 0.4) is 0 Å². The summed E-state index contributed by atoms with van der Waals surface area (Å²) in [5.41, 5.74) is 0. The third-order valence-corrected chi connectivity index (χ3v) is 12.8. The molecule has 61 heavy (non-hydrogen) atoms. The van der Waals surface area contributed by atoms with Crippen LogP contribution in [0.2, 0.25) is 0 Å². The van der Waals surface area contributed by atoms with E-state index in [0.717, 1.165) is 69.6 Å². The monoisotopic (exact) mass is 863 g/mol. The SMILES string of the molecule is CCCCCCCCCCCCCCC(=O)O[C@@H](COC(=O)CCCCCCCCCCCCCCCCC(C)C)COC(=O)CCCCCCCCCCCCC(C)CC. The van der Waals surface area contributed by atoms with Gasteiger partial charge in [-0.1, -0.05) is 266 Å². The van der Waals surface area contributed by atoms with Crippen molar-refractivity contribution >= 4 is 17.9 Å². The van der Waals surface area contributed by atoms with E-state index in [1.54, 1.807) is 0 Å². The lowest BCUT2D eigenvalue weighted by Gasteiger charge is -2.18. The predicted octanol–water partition coefficient (Wildman–Crippen LogP) is 17.7. The summed E-state index contributed by atoms with van der Waals surface area (Å²) in [6, 6.07) is 0. The van der Waals surface area contributed by atoms with Crippen LogP contribution in [0.4, 0.5) is 0 Å². The maximum Gasteiger partial charge on any atom is 0.306 e. The molecule has 0 spiro atoms. The molecule has 0 amide bonds. The molecule has 0 aliphatic rings. The molecule has 0 aromatic rings. The van der Waals surface area contributed by atoms with Crippen molar-refractivity contribution in [3.8, 4) is 0 Å². The van der Waals surface area contributed by atoms with Crippen molar-refractivity contribution in [3.63, 3.8) is 0 Å². The topological polar surface area (TPSA) is 78.9 Å². The van der Waals surface area contributed by atoms with Gasteiger partial charge in [0, 0.05) is 19.3 Å². The van der Waals surface area contributed by atoms with Gasteiger partial charge < -0.3 is 14.2 Å². The molecule has 0 radical (unpaired) electrons. The highest BCUT2D eigenvalue weighted by Crippen LogP contribution is 2.18. The Morgan fingerprint density at radius 3 is 0.934 bits per heavy atom. The van der Waals surface area contributed by atoms with Crippen molar-refractivity contribution in [2.45, 2.75) is 310 Å². The highest BCUT2D eigenvalue weighted by Gasteiger charge is 2.19. The highest BCUT2D eigenvalue weighted by atomic mass is 16.6. The first-order valence-corrected chi connectivity index (χ1v) is 27.3. The Hall–Kier alpha value is -1.59. The van der Waals surface area contributed by atoms with Crippen LogP contribution in [0, 0.1) is 11.8 Å². The number of rotatable bonds is 49. The van der Waals surface area contributed by atoms with Gasteiger partial charge in [-0.3, -0.25) is 14.4 Å². The van der Waals surface area contributed by atoms with Crippen molar-refractivity contribution in [1.29, 1.82) is 0 Å². The fourth-order valence-electron chi connectivity index (χ4n) is 8.31. The summed E-state index contributed by atoms with van der Waals surface area (Å²) >= 11 is 0. The van der Waals surface area contributed by atoms with Crippen LogP contribution >= 0.6 is 0 Å². The second kappa shape index (κ2) is 47.9. The van der Waals surface area contributed by atoms with Crippen LogP contribution in [-0.4, -0.2) is 37.2 Å². The molecule has 362 valence electrons. The Balaban J connectivity index is 4.29. The summed E-state index contributed by atoms with van der Waals surface area (Å²) in [6.45, 7) is 11.4. The summed E-state index contributed by atoms with van der Waals surface area (Å²) in [5.74, 6) is 0.870. The van der Waals surface area contributed by atoms with Crippen LogP contribution in [0.1, 0.15) is 304 Å². The minimum Gasteiger partial charge on any atom is -0.462 e. The predicted molar refractivity (Wildman–Crippen MR) is 261 cm³/mol. The average Bonchev–Trinajstić information content (AvgIpc) is 3.24. The van der Waals surface area contributed by atoms with Crippen LogP contribution in [0.25, 0.3) is 0 Å². The molecule has 0 aromatic carbocycles. The summed E-state index contributed by atoms with van der Waals surface area (Å²) in [4.78, 5) is 38.0. The zero-order valence-electron chi connectivity index (χ0n) is 41.8. The number of ether oxygens (including phenoxy) is 3. The van der Waals surface area contributed by atoms with Gasteiger partial charge in [0.25, 0.3) is 0 Å². The van der Waals surface area contributed by atoms with E-state index in [0.29, 0.717) is 19.3 Å². The number of unbranched alkanes of at least 4 members (excludes halogenated alkanes) is 33. The number of carbonyl (C=O) groups is 3. The van der Waals surface area contributed by atoms with Crippen LogP contribution < -0.4 is 0 Å². The zero-order chi connectivity index (χ0) is 44.7. The highest BCUT2D eigenvalue weighted by molar-refractivity contribution is 5.71. The fourth-order valence-corrected chi connectivity index (χ4v) is 8.31. The molecule has 0 fully saturated rings. The standard InChI is InChI=1S/C55H106O6/c1-6-8-9-10-11-12-13-19-27-32-37-42-47-55(58)61-52(49-60-54(57)46-41-36-31-26-22-21-24-29-34-39-44-51(5)7-2)48-59-53(56)45-40-35-30-25-20-17-15-14-16-18-23-28-33-38-43-50(3)4/h50-52H,6-49H2,1-5H3/t51?,52-/m0/s1. The molecule has 0 aliphatic heterocycles. The van der Waals surface area contributed by atoms with E-state index < -0.39 is 6.10 Å². The normalized spacial score (nSPS) is 12.5. The van der Waals surface area contributed by atoms with Gasteiger partial charge in [-0.15, -0.1) is 0 Å². The minimum atomic E-state index is -0.762. The molecular weight excluding hydrogens is 757 g/mol. The molecule has 6 nitrogen and oxygen atoms in total. The van der Waals surface area contributed by atoms with E-state index in [4.69, 9.17) is 14.2 Å². The van der Waals surface area contributed by atoms with Crippen molar-refractivity contribution in [2.75, 3.05) is 13.2 Å². The van der Waals surface area contributed by atoms with E-state index >= 15 is 0 Å². The second-order valence-corrected chi connectivity index (χ2v) is 19.6. The fraction of sp³-hybridized carbons (Fsp3) is 0.945. The van der Waals surface area contributed by atoms with E-state index in [1.165, 1.54) is 193 Å². The molecule has 6 heteroatoms. The molecule has 2 atom stereocenters. The molecule has 0 N–H and O–H groups in total. The summed E-state index contributed by atoms with van der Waals surface area (Å²) in [7, 11) is 0. The van der Waals surface area contributed by atoms with Crippen LogP contribution in [-0.2, 0) is 28.6 Å². The molecule has 0 rings (SSSR count). The largest absolute Gasteiger partial charge is 0.462 e. The van der Waals surface area contributed by atoms with Crippen molar-refractivity contribution < 1.29 is 28.6 Å².